The topological polar surface area (TPSA) is 65.8 Å². The summed E-state index contributed by atoms with van der Waals surface area (Å²) in [6, 6.07) is 17.2. The van der Waals surface area contributed by atoms with Crippen LogP contribution in [0.5, 0.6) is 0 Å². The average Bonchev–Trinajstić information content (AvgIpc) is 2.99. The highest BCUT2D eigenvalue weighted by Gasteiger charge is 2.13. The highest BCUT2D eigenvalue weighted by Crippen LogP contribution is 2.34. The molecule has 1 amide bonds. The van der Waals surface area contributed by atoms with E-state index in [1.165, 1.54) is 11.3 Å². The zero-order chi connectivity index (χ0) is 16.1. The Kier molecular flexibility index (Phi) is 4.46. The van der Waals surface area contributed by atoms with Gasteiger partial charge in [0.2, 0.25) is 5.91 Å². The van der Waals surface area contributed by atoms with Crippen molar-refractivity contribution in [2.24, 2.45) is 0 Å². The molecule has 0 spiro atoms. The van der Waals surface area contributed by atoms with Crippen LogP contribution in [-0.2, 0) is 11.2 Å². The molecule has 0 saturated heterocycles. The Morgan fingerprint density at radius 1 is 1.17 bits per heavy atom. The van der Waals surface area contributed by atoms with E-state index in [2.05, 4.69) is 16.4 Å². The largest absolute Gasteiger partial charge is 0.316 e. The summed E-state index contributed by atoms with van der Waals surface area (Å²) in [4.78, 5) is 17.1. The minimum atomic E-state index is -0.129. The molecule has 5 heteroatoms. The summed E-state index contributed by atoms with van der Waals surface area (Å²) in [5, 5.41) is 12.7. The molecule has 112 valence electrons. The van der Waals surface area contributed by atoms with E-state index in [4.69, 9.17) is 0 Å². The van der Waals surface area contributed by atoms with Crippen molar-refractivity contribution in [3.63, 3.8) is 0 Å². The fourth-order valence-corrected chi connectivity index (χ4v) is 3.21. The van der Waals surface area contributed by atoms with Crippen LogP contribution < -0.4 is 5.32 Å². The van der Waals surface area contributed by atoms with Gasteiger partial charge in [-0.05, 0) is 29.3 Å². The second-order valence-corrected chi connectivity index (χ2v) is 5.96. The standard InChI is InChI=1S/C18H13N3OS/c19-12-15-11-16(14-6-8-20-9-7-14)23-18(15)21-17(22)10-13-4-2-1-3-5-13/h1-9,11H,10H2,(H,21,22). The van der Waals surface area contributed by atoms with Crippen LogP contribution >= 0.6 is 11.3 Å². The monoisotopic (exact) mass is 319 g/mol. The Morgan fingerprint density at radius 3 is 2.61 bits per heavy atom. The van der Waals surface area contributed by atoms with Crippen molar-refractivity contribution in [3.05, 3.63) is 72.1 Å². The zero-order valence-electron chi connectivity index (χ0n) is 12.2. The van der Waals surface area contributed by atoms with E-state index in [-0.39, 0.29) is 12.3 Å². The first kappa shape index (κ1) is 14.9. The van der Waals surface area contributed by atoms with E-state index >= 15 is 0 Å². The normalized spacial score (nSPS) is 10.0. The van der Waals surface area contributed by atoms with Gasteiger partial charge in [0, 0.05) is 17.3 Å². The van der Waals surface area contributed by atoms with Gasteiger partial charge >= 0.3 is 0 Å². The number of hydrogen-bond donors (Lipinski definition) is 1. The van der Waals surface area contributed by atoms with Crippen LogP contribution in [0.2, 0.25) is 0 Å². The van der Waals surface area contributed by atoms with Crippen LogP contribution in [0.25, 0.3) is 10.4 Å². The molecule has 3 aromatic rings. The highest BCUT2D eigenvalue weighted by atomic mass is 32.1. The number of carbonyl (C=O) groups excluding carboxylic acids is 1. The number of nitriles is 1. The van der Waals surface area contributed by atoms with Gasteiger partial charge in [-0.25, -0.2) is 0 Å². The minimum absolute atomic E-state index is 0.129. The Bertz CT molecular complexity index is 851. The van der Waals surface area contributed by atoms with E-state index in [0.717, 1.165) is 16.0 Å². The van der Waals surface area contributed by atoms with Crippen molar-refractivity contribution >= 4 is 22.2 Å². The lowest BCUT2D eigenvalue weighted by Crippen LogP contribution is -2.14. The van der Waals surface area contributed by atoms with Gasteiger partial charge in [0.15, 0.2) is 0 Å². The van der Waals surface area contributed by atoms with Gasteiger partial charge in [0.25, 0.3) is 0 Å². The van der Waals surface area contributed by atoms with Gasteiger partial charge in [-0.15, -0.1) is 11.3 Å². The third kappa shape index (κ3) is 3.62. The summed E-state index contributed by atoms with van der Waals surface area (Å²) in [5.41, 5.74) is 2.39. The summed E-state index contributed by atoms with van der Waals surface area (Å²) >= 11 is 1.39. The number of pyridine rings is 1. The predicted octanol–water partition coefficient (Wildman–Crippen LogP) is 3.86. The van der Waals surface area contributed by atoms with Crippen molar-refractivity contribution in [1.29, 1.82) is 5.26 Å². The van der Waals surface area contributed by atoms with E-state index in [1.807, 2.05) is 42.5 Å². The van der Waals surface area contributed by atoms with Gasteiger partial charge in [0.1, 0.15) is 11.1 Å². The molecule has 0 bridgehead atoms. The fraction of sp³-hybridized carbons (Fsp3) is 0.0556. The molecule has 1 aromatic carbocycles. The maximum atomic E-state index is 12.2. The minimum Gasteiger partial charge on any atom is -0.316 e. The smallest absolute Gasteiger partial charge is 0.229 e. The van der Waals surface area contributed by atoms with Crippen LogP contribution in [0.15, 0.2) is 60.9 Å². The molecular formula is C18H13N3OS. The first-order chi connectivity index (χ1) is 11.3. The molecule has 0 unspecified atom stereocenters. The number of nitrogens with zero attached hydrogens (tertiary/aromatic N) is 2. The molecule has 0 atom stereocenters. The first-order valence-corrected chi connectivity index (χ1v) is 7.86. The molecule has 2 heterocycles. The lowest BCUT2D eigenvalue weighted by molar-refractivity contribution is -0.115. The third-order valence-electron chi connectivity index (χ3n) is 3.28. The molecule has 3 rings (SSSR count). The molecule has 2 aromatic heterocycles. The molecule has 4 nitrogen and oxygen atoms in total. The average molecular weight is 319 g/mol. The number of hydrogen-bond acceptors (Lipinski definition) is 4. The zero-order valence-corrected chi connectivity index (χ0v) is 13.0. The first-order valence-electron chi connectivity index (χ1n) is 7.04. The quantitative estimate of drug-likeness (QED) is 0.794. The molecule has 0 aliphatic heterocycles. The number of nitrogens with one attached hydrogen (secondary N) is 1. The van der Waals surface area contributed by atoms with Gasteiger partial charge in [-0.2, -0.15) is 5.26 Å². The van der Waals surface area contributed by atoms with Crippen LogP contribution in [0.1, 0.15) is 11.1 Å². The van der Waals surface area contributed by atoms with Gasteiger partial charge in [-0.1, -0.05) is 30.3 Å². The Hall–Kier alpha value is -2.97. The number of rotatable bonds is 4. The number of amides is 1. The molecule has 0 aliphatic rings. The Morgan fingerprint density at radius 2 is 1.91 bits per heavy atom. The van der Waals surface area contributed by atoms with Crippen LogP contribution in [0.4, 0.5) is 5.00 Å². The van der Waals surface area contributed by atoms with E-state index < -0.39 is 0 Å². The van der Waals surface area contributed by atoms with Crippen LogP contribution in [0, 0.1) is 11.3 Å². The molecule has 1 N–H and O–H groups in total. The summed E-state index contributed by atoms with van der Waals surface area (Å²) in [5.74, 6) is -0.129. The number of benzene rings is 1. The van der Waals surface area contributed by atoms with Crippen molar-refractivity contribution < 1.29 is 4.79 Å². The second kappa shape index (κ2) is 6.86. The van der Waals surface area contributed by atoms with E-state index in [1.54, 1.807) is 18.5 Å². The molecule has 0 aliphatic carbocycles. The van der Waals surface area contributed by atoms with Crippen molar-refractivity contribution in [1.82, 2.24) is 4.98 Å². The predicted molar refractivity (Wildman–Crippen MR) is 91.0 cm³/mol. The summed E-state index contributed by atoms with van der Waals surface area (Å²) in [6.07, 6.45) is 3.69. The highest BCUT2D eigenvalue weighted by molar-refractivity contribution is 7.19. The fourth-order valence-electron chi connectivity index (χ4n) is 2.18. The summed E-state index contributed by atoms with van der Waals surface area (Å²) < 4.78 is 0. The lowest BCUT2D eigenvalue weighted by Gasteiger charge is -2.03. The summed E-state index contributed by atoms with van der Waals surface area (Å²) in [7, 11) is 0. The Labute approximate surface area is 138 Å². The Balaban J connectivity index is 1.79. The lowest BCUT2D eigenvalue weighted by atomic mass is 10.1. The summed E-state index contributed by atoms with van der Waals surface area (Å²) in [6.45, 7) is 0. The van der Waals surface area contributed by atoms with Crippen LogP contribution in [-0.4, -0.2) is 10.9 Å². The van der Waals surface area contributed by atoms with E-state index in [9.17, 15) is 10.1 Å². The maximum absolute atomic E-state index is 12.2. The van der Waals surface area contributed by atoms with Crippen LogP contribution in [0.3, 0.4) is 0 Å². The van der Waals surface area contributed by atoms with Crippen molar-refractivity contribution in [2.75, 3.05) is 5.32 Å². The van der Waals surface area contributed by atoms with Gasteiger partial charge < -0.3 is 5.32 Å². The number of carbonyl (C=O) groups is 1. The molecule has 0 radical (unpaired) electrons. The molecule has 23 heavy (non-hydrogen) atoms. The molecule has 0 saturated carbocycles. The third-order valence-corrected chi connectivity index (χ3v) is 4.38. The number of aromatic nitrogens is 1. The second-order valence-electron chi connectivity index (χ2n) is 4.91. The number of anilines is 1. The SMILES string of the molecule is N#Cc1cc(-c2ccncc2)sc1NC(=O)Cc1ccccc1. The number of thiophene rings is 1. The van der Waals surface area contributed by atoms with E-state index in [0.29, 0.717) is 10.6 Å². The van der Waals surface area contributed by atoms with Gasteiger partial charge in [0.05, 0.1) is 12.0 Å². The van der Waals surface area contributed by atoms with Crippen molar-refractivity contribution in [3.8, 4) is 16.5 Å². The molecule has 0 fully saturated rings. The molecular weight excluding hydrogens is 306 g/mol. The maximum Gasteiger partial charge on any atom is 0.229 e. The van der Waals surface area contributed by atoms with Gasteiger partial charge in [-0.3, -0.25) is 9.78 Å². The van der Waals surface area contributed by atoms with Crippen molar-refractivity contribution in [2.45, 2.75) is 6.42 Å².